The van der Waals surface area contributed by atoms with Crippen LogP contribution >= 0.6 is 0 Å². The number of carbonyl (C=O) groups excluding carboxylic acids is 6. The van der Waals surface area contributed by atoms with Crippen molar-refractivity contribution < 1.29 is 80.9 Å². The van der Waals surface area contributed by atoms with Crippen LogP contribution in [0.4, 0.5) is 0 Å². The molecule has 2 aliphatic heterocycles. The Kier molecular flexibility index (Phi) is 17.5. The van der Waals surface area contributed by atoms with E-state index in [0.717, 1.165) is 0 Å². The molecule has 2 aliphatic rings. The molecule has 0 unspecified atom stereocenters. The molecule has 73 heavy (non-hydrogen) atoms. The Hall–Kier alpha value is -8.06. The summed E-state index contributed by atoms with van der Waals surface area (Å²) in [6.45, 7) is -1.18. The molecule has 0 radical (unpaired) electrons. The number of ether oxygens (including phenoxy) is 11. The molecule has 8 rings (SSSR count). The summed E-state index contributed by atoms with van der Waals surface area (Å²) in [5.41, 5.74) is 0.848. The molecule has 0 saturated carbocycles. The van der Waals surface area contributed by atoms with Gasteiger partial charge in [0.15, 0.2) is 37.0 Å². The van der Waals surface area contributed by atoms with Crippen molar-refractivity contribution in [2.75, 3.05) is 27.4 Å². The van der Waals surface area contributed by atoms with E-state index in [0.29, 0.717) is 0 Å². The summed E-state index contributed by atoms with van der Waals surface area (Å²) in [6, 6.07) is 48.1. The lowest BCUT2D eigenvalue weighted by molar-refractivity contribution is -0.355. The average Bonchev–Trinajstić information content (AvgIpc) is 3.44. The normalized spacial score (nSPS) is 23.4. The van der Waals surface area contributed by atoms with Crippen molar-refractivity contribution >= 4 is 35.8 Å². The van der Waals surface area contributed by atoms with Crippen molar-refractivity contribution in [1.29, 1.82) is 0 Å². The minimum atomic E-state index is -1.83. The van der Waals surface area contributed by atoms with Crippen LogP contribution in [0.15, 0.2) is 182 Å². The highest BCUT2D eigenvalue weighted by Gasteiger charge is 2.57. The van der Waals surface area contributed by atoms with Gasteiger partial charge in [0.1, 0.15) is 37.6 Å². The largest absolute Gasteiger partial charge is 0.459 e. The molecule has 6 aromatic carbocycles. The predicted octanol–water partition coefficient (Wildman–Crippen LogP) is 7.10. The van der Waals surface area contributed by atoms with E-state index in [2.05, 4.69) is 0 Å². The number of carbonyl (C=O) groups is 6. The Morgan fingerprint density at radius 2 is 0.616 bits per heavy atom. The van der Waals surface area contributed by atoms with Crippen LogP contribution < -0.4 is 0 Å². The van der Waals surface area contributed by atoms with Gasteiger partial charge in [0.25, 0.3) is 0 Å². The summed E-state index contributed by atoms with van der Waals surface area (Å²) in [7, 11) is 2.54. The molecule has 10 atom stereocenters. The quantitative estimate of drug-likeness (QED) is 0.0622. The second kappa shape index (κ2) is 24.9. The van der Waals surface area contributed by atoms with Gasteiger partial charge < -0.3 is 52.1 Å². The summed E-state index contributed by atoms with van der Waals surface area (Å²) < 4.78 is 68.1. The summed E-state index contributed by atoms with van der Waals surface area (Å²) in [4.78, 5) is 83.3. The van der Waals surface area contributed by atoms with Gasteiger partial charge in [-0.3, -0.25) is 0 Å². The fourth-order valence-corrected chi connectivity index (χ4v) is 8.13. The van der Waals surface area contributed by atoms with Gasteiger partial charge in [-0.15, -0.1) is 0 Å². The lowest BCUT2D eigenvalue weighted by Crippen LogP contribution is -2.67. The third-order valence-electron chi connectivity index (χ3n) is 11.8. The van der Waals surface area contributed by atoms with E-state index < -0.39 is 110 Å². The van der Waals surface area contributed by atoms with Crippen LogP contribution in [-0.2, 0) is 52.1 Å². The lowest BCUT2D eigenvalue weighted by Gasteiger charge is -2.48. The highest BCUT2D eigenvalue weighted by Crippen LogP contribution is 2.36. The van der Waals surface area contributed by atoms with Crippen molar-refractivity contribution in [1.82, 2.24) is 0 Å². The summed E-state index contributed by atoms with van der Waals surface area (Å²) in [6.07, 6.45) is -15.8. The van der Waals surface area contributed by atoms with Crippen LogP contribution in [0, 0.1) is 0 Å². The van der Waals surface area contributed by atoms with Crippen LogP contribution in [0.3, 0.4) is 0 Å². The first-order chi connectivity index (χ1) is 35.6. The van der Waals surface area contributed by atoms with Gasteiger partial charge >= 0.3 is 35.8 Å². The molecule has 2 saturated heterocycles. The summed E-state index contributed by atoms with van der Waals surface area (Å²) in [5, 5.41) is 0. The predicted molar refractivity (Wildman–Crippen MR) is 256 cm³/mol. The topological polar surface area (TPSA) is 204 Å². The smallest absolute Gasteiger partial charge is 0.338 e. The number of hydrogen-bond donors (Lipinski definition) is 0. The third kappa shape index (κ3) is 12.9. The Bertz CT molecular complexity index is 2770. The molecule has 376 valence electrons. The van der Waals surface area contributed by atoms with Crippen LogP contribution in [0.1, 0.15) is 62.1 Å². The summed E-state index contributed by atoms with van der Waals surface area (Å²) >= 11 is 0. The van der Waals surface area contributed by atoms with Crippen LogP contribution in [-0.4, -0.2) is 125 Å². The molecule has 0 bridgehead atoms. The van der Waals surface area contributed by atoms with E-state index in [1.54, 1.807) is 121 Å². The Labute approximate surface area is 419 Å². The molecular formula is C56H50O17. The Morgan fingerprint density at radius 1 is 0.329 bits per heavy atom. The first kappa shape index (κ1) is 51.3. The zero-order chi connectivity index (χ0) is 51.1. The highest BCUT2D eigenvalue weighted by atomic mass is 16.8. The van der Waals surface area contributed by atoms with Crippen LogP contribution in [0.2, 0.25) is 0 Å². The number of esters is 6. The fourth-order valence-electron chi connectivity index (χ4n) is 8.13. The molecule has 0 amide bonds. The highest BCUT2D eigenvalue weighted by molar-refractivity contribution is 5.92. The minimum Gasteiger partial charge on any atom is -0.459 e. The first-order valence-electron chi connectivity index (χ1n) is 23.1. The molecular weight excluding hydrogens is 945 g/mol. The number of hydrogen-bond acceptors (Lipinski definition) is 17. The van der Waals surface area contributed by atoms with Gasteiger partial charge in [0.05, 0.1) is 33.4 Å². The van der Waals surface area contributed by atoms with E-state index in [1.807, 2.05) is 0 Å². The second-order valence-corrected chi connectivity index (χ2v) is 16.5. The standard InChI is InChI=1S/C56H50O17/c1-63-45-43(69-51(59)37-25-13-5-14-26-37)41(33-65-49(57)35-21-9-3-10-22-35)68-56(47(45)71-53(61)39-29-17-7-18-30-39)73-44-42(34-66-50(58)36-23-11-4-12-24-36)67-55(64-2)48(72-54(62)40-31-19-8-20-32-40)46(44)70-52(60)38-27-15-6-16-28-38/h3-32,41-48,55-56H,33-34H2,1-2H3/t41-,42-,43+,44+,45+,46+,47-,48-,55-,56-/m1/s1. The molecule has 0 aromatic heterocycles. The molecule has 17 heteroatoms. The van der Waals surface area contributed by atoms with Crippen molar-refractivity contribution in [3.8, 4) is 0 Å². The van der Waals surface area contributed by atoms with Crippen molar-refractivity contribution in [3.05, 3.63) is 215 Å². The van der Waals surface area contributed by atoms with E-state index >= 15 is 0 Å². The SMILES string of the molecule is CO[C@@H]1O[C@H](COC(=O)c2ccccc2)[C@H](O[C@H]2O[C@H](COC(=O)c3ccccc3)[C@H](OC(=O)c3ccccc3)[C@H](OC)[C@H]2OC(=O)c2ccccc2)[C@H](OC(=O)c2ccccc2)[C@H]1OC(=O)c1ccccc1. The number of rotatable bonds is 18. The van der Waals surface area contributed by atoms with Crippen molar-refractivity contribution in [2.24, 2.45) is 0 Å². The minimum absolute atomic E-state index is 0.0910. The fraction of sp³-hybridized carbons (Fsp3) is 0.250. The Balaban J connectivity index is 1.23. The molecule has 2 heterocycles. The van der Waals surface area contributed by atoms with Crippen LogP contribution in [0.5, 0.6) is 0 Å². The van der Waals surface area contributed by atoms with E-state index in [-0.39, 0.29) is 33.4 Å². The number of benzene rings is 6. The maximum Gasteiger partial charge on any atom is 0.338 e. The molecule has 6 aromatic rings. The van der Waals surface area contributed by atoms with Crippen molar-refractivity contribution in [3.63, 3.8) is 0 Å². The van der Waals surface area contributed by atoms with Gasteiger partial charge in [-0.1, -0.05) is 109 Å². The third-order valence-corrected chi connectivity index (χ3v) is 11.8. The monoisotopic (exact) mass is 994 g/mol. The zero-order valence-corrected chi connectivity index (χ0v) is 39.4. The maximum atomic E-state index is 14.2. The van der Waals surface area contributed by atoms with Crippen LogP contribution in [0.25, 0.3) is 0 Å². The van der Waals surface area contributed by atoms with Gasteiger partial charge in [-0.25, -0.2) is 28.8 Å². The Morgan fingerprint density at radius 3 is 0.959 bits per heavy atom. The molecule has 0 spiro atoms. The first-order valence-corrected chi connectivity index (χ1v) is 23.1. The molecule has 17 nitrogen and oxygen atoms in total. The summed E-state index contributed by atoms with van der Waals surface area (Å²) in [5.74, 6) is -5.01. The zero-order valence-electron chi connectivity index (χ0n) is 39.4. The van der Waals surface area contributed by atoms with Gasteiger partial charge in [0, 0.05) is 14.2 Å². The molecule has 0 aliphatic carbocycles. The maximum absolute atomic E-state index is 14.2. The second-order valence-electron chi connectivity index (χ2n) is 16.5. The average molecular weight is 995 g/mol. The van der Waals surface area contributed by atoms with Gasteiger partial charge in [-0.05, 0) is 72.8 Å². The number of methoxy groups -OCH3 is 2. The van der Waals surface area contributed by atoms with Gasteiger partial charge in [0.2, 0.25) is 0 Å². The van der Waals surface area contributed by atoms with E-state index in [1.165, 1.54) is 74.9 Å². The van der Waals surface area contributed by atoms with Gasteiger partial charge in [-0.2, -0.15) is 0 Å². The molecule has 0 N–H and O–H groups in total. The molecule has 2 fully saturated rings. The van der Waals surface area contributed by atoms with E-state index in [9.17, 15) is 28.8 Å². The van der Waals surface area contributed by atoms with Crippen molar-refractivity contribution in [2.45, 2.75) is 61.4 Å². The van der Waals surface area contributed by atoms with E-state index in [4.69, 9.17) is 52.1 Å². The lowest BCUT2D eigenvalue weighted by atomic mass is 9.95.